The largest absolute Gasteiger partial charge is 0.481 e. The second-order valence-electron chi connectivity index (χ2n) is 10.3. The van der Waals surface area contributed by atoms with Crippen molar-refractivity contribution >= 4 is 50.5 Å². The normalized spacial score (nSPS) is 15.1. The van der Waals surface area contributed by atoms with Crippen LogP contribution in [0.25, 0.3) is 11.3 Å². The fourth-order valence-corrected chi connectivity index (χ4v) is 5.32. The summed E-state index contributed by atoms with van der Waals surface area (Å²) in [6.45, 7) is 2.03. The lowest BCUT2D eigenvalue weighted by Crippen LogP contribution is -2.35. The van der Waals surface area contributed by atoms with Crippen LogP contribution in [0.5, 0.6) is 0 Å². The summed E-state index contributed by atoms with van der Waals surface area (Å²) in [5.74, 6) is -1.03. The van der Waals surface area contributed by atoms with E-state index in [9.17, 15) is 9.59 Å². The zero-order chi connectivity index (χ0) is 28.3. The maximum Gasteiger partial charge on any atom is 0.303 e. The van der Waals surface area contributed by atoms with Gasteiger partial charge in [0.05, 0.1) is 17.0 Å². The molecule has 0 aromatic heterocycles. The standard InChI is InChI=1S/C33H30BrN3O3/c1-33(35,20-22-5-3-2-4-6-22)24-12-15-26(16-13-24)36-31(23-10-7-21(8-11-23)9-18-29(38)39)30-27-17-14-25(34)19-28(27)37-32(30)40/h2-8,10-17,19,36H,9,18,20,35H2,1H3,(H,37,40)(H,38,39)/b31-30-. The predicted octanol–water partition coefficient (Wildman–Crippen LogP) is 6.82. The first kappa shape index (κ1) is 27.4. The van der Waals surface area contributed by atoms with Gasteiger partial charge >= 0.3 is 5.97 Å². The Hall–Kier alpha value is -4.20. The molecule has 1 amide bonds. The number of carboxylic acids is 1. The van der Waals surface area contributed by atoms with E-state index < -0.39 is 11.5 Å². The van der Waals surface area contributed by atoms with E-state index in [2.05, 4.69) is 38.7 Å². The molecule has 202 valence electrons. The molecule has 4 aromatic rings. The lowest BCUT2D eigenvalue weighted by atomic mass is 9.86. The number of aliphatic carboxylic acids is 1. The van der Waals surface area contributed by atoms with Gasteiger partial charge in [-0.15, -0.1) is 0 Å². The average Bonchev–Trinajstić information content (AvgIpc) is 3.26. The number of halogens is 1. The predicted molar refractivity (Wildman–Crippen MR) is 164 cm³/mol. The number of nitrogens with one attached hydrogen (secondary N) is 2. The van der Waals surface area contributed by atoms with Crippen LogP contribution in [0.4, 0.5) is 11.4 Å². The van der Waals surface area contributed by atoms with Gasteiger partial charge < -0.3 is 21.5 Å². The molecule has 5 rings (SSSR count). The number of benzene rings is 4. The summed E-state index contributed by atoms with van der Waals surface area (Å²) in [7, 11) is 0. The molecule has 0 saturated heterocycles. The number of rotatable bonds is 9. The summed E-state index contributed by atoms with van der Waals surface area (Å²) in [5, 5.41) is 15.5. The Bertz CT molecular complexity index is 1580. The molecule has 1 atom stereocenters. The molecular weight excluding hydrogens is 566 g/mol. The number of carboxylic acid groups (broad SMARTS) is 1. The molecule has 40 heavy (non-hydrogen) atoms. The number of amides is 1. The third-order valence-electron chi connectivity index (χ3n) is 7.07. The van der Waals surface area contributed by atoms with E-state index in [-0.39, 0.29) is 12.3 Å². The van der Waals surface area contributed by atoms with Gasteiger partial charge in [0.2, 0.25) is 0 Å². The maximum absolute atomic E-state index is 13.2. The van der Waals surface area contributed by atoms with Gasteiger partial charge in [0, 0.05) is 27.7 Å². The van der Waals surface area contributed by atoms with E-state index in [1.807, 2.05) is 91.9 Å². The van der Waals surface area contributed by atoms with Crippen LogP contribution in [0.15, 0.2) is 102 Å². The average molecular weight is 597 g/mol. The van der Waals surface area contributed by atoms with Crippen molar-refractivity contribution in [2.45, 2.75) is 31.7 Å². The molecule has 0 bridgehead atoms. The summed E-state index contributed by atoms with van der Waals surface area (Å²) in [5.41, 5.74) is 13.7. The number of fused-ring (bicyclic) bond motifs is 1. The molecule has 0 saturated carbocycles. The third-order valence-corrected chi connectivity index (χ3v) is 7.57. The molecule has 0 aliphatic carbocycles. The van der Waals surface area contributed by atoms with Crippen LogP contribution in [0.2, 0.25) is 0 Å². The van der Waals surface area contributed by atoms with Crippen LogP contribution in [0.1, 0.15) is 41.2 Å². The minimum atomic E-state index is -0.834. The Morgan fingerprint density at radius 3 is 2.33 bits per heavy atom. The van der Waals surface area contributed by atoms with E-state index in [0.717, 1.165) is 38.1 Å². The van der Waals surface area contributed by atoms with Crippen molar-refractivity contribution < 1.29 is 14.7 Å². The van der Waals surface area contributed by atoms with Crippen LogP contribution in [-0.4, -0.2) is 17.0 Å². The van der Waals surface area contributed by atoms with Gasteiger partial charge in [0.1, 0.15) is 0 Å². The number of hydrogen-bond acceptors (Lipinski definition) is 4. The fourth-order valence-electron chi connectivity index (χ4n) is 4.96. The minimum absolute atomic E-state index is 0.0624. The first-order valence-corrected chi connectivity index (χ1v) is 13.9. The van der Waals surface area contributed by atoms with Crippen molar-refractivity contribution in [3.8, 4) is 0 Å². The molecule has 0 radical (unpaired) electrons. The molecule has 6 nitrogen and oxygen atoms in total. The van der Waals surface area contributed by atoms with Crippen molar-refractivity contribution in [3.63, 3.8) is 0 Å². The first-order valence-electron chi connectivity index (χ1n) is 13.1. The summed E-state index contributed by atoms with van der Waals surface area (Å²) in [6.07, 6.45) is 1.21. The van der Waals surface area contributed by atoms with Gasteiger partial charge in [-0.25, -0.2) is 0 Å². The van der Waals surface area contributed by atoms with Crippen LogP contribution in [0.3, 0.4) is 0 Å². The molecule has 7 heteroatoms. The fraction of sp³-hybridized carbons (Fsp3) is 0.152. The van der Waals surface area contributed by atoms with Crippen LogP contribution in [0, 0.1) is 0 Å². The van der Waals surface area contributed by atoms with Gasteiger partial charge in [-0.1, -0.05) is 88.7 Å². The molecule has 1 unspecified atom stereocenters. The highest BCUT2D eigenvalue weighted by Gasteiger charge is 2.29. The monoisotopic (exact) mass is 595 g/mol. The number of carbonyl (C=O) groups is 2. The lowest BCUT2D eigenvalue weighted by molar-refractivity contribution is -0.137. The summed E-state index contributed by atoms with van der Waals surface area (Å²) >= 11 is 3.48. The molecular formula is C33H30BrN3O3. The van der Waals surface area contributed by atoms with Gasteiger partial charge in [-0.05, 0) is 66.3 Å². The Morgan fingerprint density at radius 2 is 1.65 bits per heavy atom. The molecule has 4 aromatic carbocycles. The van der Waals surface area contributed by atoms with Crippen molar-refractivity contribution in [1.82, 2.24) is 0 Å². The highest BCUT2D eigenvalue weighted by Crippen LogP contribution is 2.39. The Labute approximate surface area is 242 Å². The van der Waals surface area contributed by atoms with E-state index >= 15 is 0 Å². The van der Waals surface area contributed by atoms with E-state index in [1.165, 1.54) is 5.56 Å². The number of anilines is 2. The number of hydrogen-bond donors (Lipinski definition) is 4. The smallest absolute Gasteiger partial charge is 0.303 e. The maximum atomic E-state index is 13.2. The first-order chi connectivity index (χ1) is 19.2. The second-order valence-corrected chi connectivity index (χ2v) is 11.2. The summed E-state index contributed by atoms with van der Waals surface area (Å²) < 4.78 is 0.876. The zero-order valence-electron chi connectivity index (χ0n) is 22.1. The number of carbonyl (C=O) groups excluding carboxylic acids is 1. The Morgan fingerprint density at radius 1 is 0.950 bits per heavy atom. The molecule has 0 fully saturated rings. The molecule has 1 heterocycles. The van der Waals surface area contributed by atoms with E-state index in [4.69, 9.17) is 10.8 Å². The SMILES string of the molecule is CC(N)(Cc1ccccc1)c1ccc(N/C(=C2\C(=O)Nc3cc(Br)ccc32)c2ccc(CCC(=O)O)cc2)cc1. The molecule has 5 N–H and O–H groups in total. The Kier molecular flexibility index (Phi) is 7.87. The topological polar surface area (TPSA) is 104 Å². The van der Waals surface area contributed by atoms with Gasteiger partial charge in [-0.2, -0.15) is 0 Å². The van der Waals surface area contributed by atoms with Crippen molar-refractivity contribution in [3.05, 3.63) is 129 Å². The molecule has 0 spiro atoms. The lowest BCUT2D eigenvalue weighted by Gasteiger charge is -2.26. The summed E-state index contributed by atoms with van der Waals surface area (Å²) in [6, 6.07) is 31.5. The van der Waals surface area contributed by atoms with Crippen molar-refractivity contribution in [2.75, 3.05) is 10.6 Å². The zero-order valence-corrected chi connectivity index (χ0v) is 23.7. The minimum Gasteiger partial charge on any atom is -0.481 e. The van der Waals surface area contributed by atoms with Gasteiger partial charge in [-0.3, -0.25) is 9.59 Å². The van der Waals surface area contributed by atoms with Crippen LogP contribution in [-0.2, 0) is 28.0 Å². The molecule has 1 aliphatic rings. The van der Waals surface area contributed by atoms with Crippen LogP contribution >= 0.6 is 15.9 Å². The Balaban J connectivity index is 1.48. The third kappa shape index (κ3) is 6.17. The quantitative estimate of drug-likeness (QED) is 0.159. The second kappa shape index (κ2) is 11.5. The van der Waals surface area contributed by atoms with Gasteiger partial charge in [0.25, 0.3) is 5.91 Å². The van der Waals surface area contributed by atoms with Gasteiger partial charge in [0.15, 0.2) is 0 Å². The number of aryl methyl sites for hydroxylation is 1. The highest BCUT2D eigenvalue weighted by atomic mass is 79.9. The number of nitrogens with two attached hydrogens (primary N) is 1. The summed E-state index contributed by atoms with van der Waals surface area (Å²) in [4.78, 5) is 24.3. The molecule has 1 aliphatic heterocycles. The van der Waals surface area contributed by atoms with Crippen LogP contribution < -0.4 is 16.4 Å². The van der Waals surface area contributed by atoms with E-state index in [1.54, 1.807) is 0 Å². The van der Waals surface area contributed by atoms with Crippen molar-refractivity contribution in [1.29, 1.82) is 0 Å². The highest BCUT2D eigenvalue weighted by molar-refractivity contribution is 9.10. The van der Waals surface area contributed by atoms with E-state index in [0.29, 0.717) is 24.1 Å². The van der Waals surface area contributed by atoms with Crippen molar-refractivity contribution in [2.24, 2.45) is 5.73 Å².